The molecule has 0 spiro atoms. The fraction of sp³-hybridized carbons (Fsp3) is 0.769. The summed E-state index contributed by atoms with van der Waals surface area (Å²) in [5, 5.41) is 0. The lowest BCUT2D eigenvalue weighted by Crippen LogP contribution is -2.40. The van der Waals surface area contributed by atoms with Crippen LogP contribution in [0.5, 0.6) is 0 Å². The minimum absolute atomic E-state index is 0.335. The van der Waals surface area contributed by atoms with Gasteiger partial charge in [0.25, 0.3) is 0 Å². The predicted octanol–water partition coefficient (Wildman–Crippen LogP) is 3.03. The molecular weight excluding hydrogens is 248 g/mol. The van der Waals surface area contributed by atoms with Crippen molar-refractivity contribution in [1.29, 1.82) is 0 Å². The Bertz CT molecular complexity index is 258. The monoisotopic (exact) mass is 274 g/mol. The second-order valence-corrected chi connectivity index (χ2v) is 7.84. The van der Waals surface area contributed by atoms with Crippen molar-refractivity contribution in [2.45, 2.75) is 46.2 Å². The zero-order valence-electron chi connectivity index (χ0n) is 12.1. The molecule has 106 valence electrons. The first-order valence-electron chi connectivity index (χ1n) is 6.55. The molecule has 0 unspecified atom stereocenters. The van der Waals surface area contributed by atoms with Gasteiger partial charge in [-0.1, -0.05) is 20.4 Å². The zero-order chi connectivity index (χ0) is 14.0. The van der Waals surface area contributed by atoms with Crippen molar-refractivity contribution >= 4 is 14.5 Å². The number of esters is 1. The predicted molar refractivity (Wildman–Crippen MR) is 74.7 cm³/mol. The van der Waals surface area contributed by atoms with E-state index >= 15 is 0 Å². The summed E-state index contributed by atoms with van der Waals surface area (Å²) in [5.74, 6) is -0.350. The van der Waals surface area contributed by atoms with Gasteiger partial charge in [-0.3, -0.25) is 0 Å². The molecule has 0 heterocycles. The van der Waals surface area contributed by atoms with Crippen molar-refractivity contribution in [1.82, 2.24) is 0 Å². The fourth-order valence-corrected chi connectivity index (χ4v) is 3.39. The smallest absolute Gasteiger partial charge is 0.338 e. The van der Waals surface area contributed by atoms with Gasteiger partial charge in [0.05, 0.1) is 6.61 Å². The summed E-state index contributed by atoms with van der Waals surface area (Å²) in [4.78, 5) is 11.3. The van der Waals surface area contributed by atoms with Crippen LogP contribution in [-0.4, -0.2) is 34.4 Å². The highest BCUT2D eigenvalue weighted by Gasteiger charge is 2.31. The summed E-state index contributed by atoms with van der Waals surface area (Å²) in [6, 6.07) is 0.659. The lowest BCUT2D eigenvalue weighted by molar-refractivity contribution is -0.138. The van der Waals surface area contributed by atoms with E-state index in [1.54, 1.807) is 6.92 Å². The normalized spacial score (nSPS) is 11.3. The van der Waals surface area contributed by atoms with Gasteiger partial charge in [-0.25, -0.2) is 4.79 Å². The number of ether oxygens (including phenoxy) is 1. The van der Waals surface area contributed by atoms with Crippen LogP contribution in [0.15, 0.2) is 12.2 Å². The van der Waals surface area contributed by atoms with Crippen molar-refractivity contribution in [3.63, 3.8) is 0 Å². The van der Waals surface area contributed by atoms with Gasteiger partial charge in [0, 0.05) is 24.8 Å². The summed E-state index contributed by atoms with van der Waals surface area (Å²) in [7, 11) is -2.20. The Labute approximate surface area is 112 Å². The third-order valence-electron chi connectivity index (χ3n) is 2.36. The van der Waals surface area contributed by atoms with Gasteiger partial charge in [0.1, 0.15) is 0 Å². The van der Waals surface area contributed by atoms with Crippen molar-refractivity contribution in [3.8, 4) is 0 Å². The molecule has 0 fully saturated rings. The first kappa shape index (κ1) is 17.3. The third kappa shape index (κ3) is 7.63. The molecule has 0 radical (unpaired) electrons. The fourth-order valence-electron chi connectivity index (χ4n) is 1.27. The summed E-state index contributed by atoms with van der Waals surface area (Å²) in [6.45, 7) is 13.1. The maximum Gasteiger partial charge on any atom is 0.338 e. The van der Waals surface area contributed by atoms with Crippen LogP contribution in [0.3, 0.4) is 0 Å². The van der Waals surface area contributed by atoms with Gasteiger partial charge >= 0.3 is 14.5 Å². The topological polar surface area (TPSA) is 44.8 Å². The molecule has 4 nitrogen and oxygen atoms in total. The number of carbonyl (C=O) groups is 1. The van der Waals surface area contributed by atoms with Gasteiger partial charge in [0.15, 0.2) is 0 Å². The molecular formula is C13H26O4Si. The van der Waals surface area contributed by atoms with E-state index < -0.39 is 8.56 Å². The Hall–Kier alpha value is -0.653. The minimum Gasteiger partial charge on any atom is -0.462 e. The average Bonchev–Trinajstić information content (AvgIpc) is 2.34. The molecule has 0 bridgehead atoms. The third-order valence-corrected chi connectivity index (χ3v) is 5.10. The highest BCUT2D eigenvalue weighted by Crippen LogP contribution is 2.15. The standard InChI is InChI=1S/C13H26O4Si/c1-6-8-16-18(5,17-9-7-2)11-10-15-13(14)12(3)4/h3,6-11H2,1-2,4-5H3. The van der Waals surface area contributed by atoms with Gasteiger partial charge in [-0.05, 0) is 26.3 Å². The largest absolute Gasteiger partial charge is 0.462 e. The van der Waals surface area contributed by atoms with Crippen molar-refractivity contribution in [3.05, 3.63) is 12.2 Å². The van der Waals surface area contributed by atoms with Crippen molar-refractivity contribution in [2.24, 2.45) is 0 Å². The molecule has 0 rings (SSSR count). The Morgan fingerprint density at radius 1 is 1.11 bits per heavy atom. The lowest BCUT2D eigenvalue weighted by Gasteiger charge is -2.26. The highest BCUT2D eigenvalue weighted by atomic mass is 28.4. The Kier molecular flexibility index (Phi) is 8.96. The van der Waals surface area contributed by atoms with Gasteiger partial charge < -0.3 is 13.6 Å². The second kappa shape index (κ2) is 9.30. The number of carbonyl (C=O) groups excluding carboxylic acids is 1. The van der Waals surface area contributed by atoms with Gasteiger partial charge in [-0.2, -0.15) is 0 Å². The summed E-state index contributed by atoms with van der Waals surface area (Å²) in [6.07, 6.45) is 1.92. The van der Waals surface area contributed by atoms with E-state index in [9.17, 15) is 4.79 Å². The van der Waals surface area contributed by atoms with Crippen LogP contribution in [0.2, 0.25) is 12.6 Å². The summed E-state index contributed by atoms with van der Waals surface area (Å²) < 4.78 is 16.7. The minimum atomic E-state index is -2.20. The van der Waals surface area contributed by atoms with Crippen LogP contribution in [0.4, 0.5) is 0 Å². The van der Waals surface area contributed by atoms with E-state index in [1.165, 1.54) is 0 Å². The van der Waals surface area contributed by atoms with Gasteiger partial charge in [-0.15, -0.1) is 0 Å². The highest BCUT2D eigenvalue weighted by molar-refractivity contribution is 6.66. The van der Waals surface area contributed by atoms with E-state index in [2.05, 4.69) is 20.4 Å². The molecule has 0 aromatic heterocycles. The lowest BCUT2D eigenvalue weighted by atomic mass is 10.4. The SMILES string of the molecule is C=C(C)C(=O)OCC[Si](C)(OCCC)OCCC. The first-order chi connectivity index (χ1) is 8.45. The molecule has 0 N–H and O–H groups in total. The Balaban J connectivity index is 4.14. The second-order valence-electron chi connectivity index (χ2n) is 4.50. The molecule has 0 atom stereocenters. The van der Waals surface area contributed by atoms with E-state index in [4.69, 9.17) is 13.6 Å². The van der Waals surface area contributed by atoms with Crippen LogP contribution < -0.4 is 0 Å². The molecule has 0 saturated carbocycles. The van der Waals surface area contributed by atoms with Crippen molar-refractivity contribution < 1.29 is 18.4 Å². The van der Waals surface area contributed by atoms with E-state index in [1.807, 2.05) is 6.55 Å². The Morgan fingerprint density at radius 2 is 1.61 bits per heavy atom. The molecule has 0 aromatic carbocycles. The average molecular weight is 274 g/mol. The molecule has 0 amide bonds. The molecule has 0 saturated heterocycles. The number of rotatable bonds is 10. The first-order valence-corrected chi connectivity index (χ1v) is 9.08. The molecule has 18 heavy (non-hydrogen) atoms. The van der Waals surface area contributed by atoms with Crippen LogP contribution in [0.1, 0.15) is 33.6 Å². The molecule has 0 aromatic rings. The maximum absolute atomic E-state index is 11.3. The molecule has 0 aliphatic carbocycles. The number of hydrogen-bond acceptors (Lipinski definition) is 4. The van der Waals surface area contributed by atoms with E-state index in [0.717, 1.165) is 12.8 Å². The van der Waals surface area contributed by atoms with Crippen molar-refractivity contribution in [2.75, 3.05) is 19.8 Å². The molecule has 5 heteroatoms. The number of hydrogen-bond donors (Lipinski definition) is 0. The van der Waals surface area contributed by atoms with Gasteiger partial charge in [0.2, 0.25) is 0 Å². The van der Waals surface area contributed by atoms with Crippen LogP contribution >= 0.6 is 0 Å². The van der Waals surface area contributed by atoms with Crippen LogP contribution in [-0.2, 0) is 18.4 Å². The van der Waals surface area contributed by atoms with E-state index in [-0.39, 0.29) is 5.97 Å². The summed E-state index contributed by atoms with van der Waals surface area (Å²) in [5.41, 5.74) is 0.419. The maximum atomic E-state index is 11.3. The van der Waals surface area contributed by atoms with Crippen LogP contribution in [0, 0.1) is 0 Å². The Morgan fingerprint density at radius 3 is 2.00 bits per heavy atom. The molecule has 0 aliphatic heterocycles. The summed E-state index contributed by atoms with van der Waals surface area (Å²) >= 11 is 0. The zero-order valence-corrected chi connectivity index (χ0v) is 13.1. The quantitative estimate of drug-likeness (QED) is 0.349. The van der Waals surface area contributed by atoms with Crippen LogP contribution in [0.25, 0.3) is 0 Å². The molecule has 0 aliphatic rings. The van der Waals surface area contributed by atoms with E-state index in [0.29, 0.717) is 31.4 Å².